The first-order valence-electron chi connectivity index (χ1n) is 8.08. The molecule has 2 aliphatic rings. The van der Waals surface area contributed by atoms with Gasteiger partial charge < -0.3 is 19.3 Å². The van der Waals surface area contributed by atoms with Gasteiger partial charge >= 0.3 is 6.09 Å². The Hall–Kier alpha value is -1.89. The molecule has 0 aliphatic carbocycles. The Balaban J connectivity index is 1.66. The summed E-state index contributed by atoms with van der Waals surface area (Å²) in [6.07, 6.45) is 3.33. The van der Waals surface area contributed by atoms with Crippen molar-refractivity contribution in [2.45, 2.75) is 23.8 Å². The summed E-state index contributed by atoms with van der Waals surface area (Å²) in [7, 11) is 1.58. The molecule has 24 heavy (non-hydrogen) atoms. The number of benzene rings is 1. The van der Waals surface area contributed by atoms with E-state index in [1.807, 2.05) is 29.4 Å². The number of thioether (sulfide) groups is 1. The van der Waals surface area contributed by atoms with Crippen LogP contribution in [0.4, 0.5) is 4.79 Å². The fourth-order valence-electron chi connectivity index (χ4n) is 3.26. The summed E-state index contributed by atoms with van der Waals surface area (Å²) in [5.74, 6) is 0.596. The maximum absolute atomic E-state index is 12.8. The van der Waals surface area contributed by atoms with Gasteiger partial charge in [-0.3, -0.25) is 4.79 Å². The molecule has 0 N–H and O–H groups in total. The van der Waals surface area contributed by atoms with Crippen LogP contribution in [0.1, 0.15) is 23.2 Å². The molecule has 2 saturated heterocycles. The van der Waals surface area contributed by atoms with Gasteiger partial charge in [0.2, 0.25) is 0 Å². The maximum atomic E-state index is 12.8. The van der Waals surface area contributed by atoms with Gasteiger partial charge in [-0.2, -0.15) is 0 Å². The second kappa shape index (κ2) is 7.34. The molecule has 1 aromatic rings. The number of rotatable bonds is 4. The monoisotopic (exact) mass is 350 g/mol. The third-order valence-corrected chi connectivity index (χ3v) is 5.35. The van der Waals surface area contributed by atoms with Crippen LogP contribution >= 0.6 is 11.8 Å². The van der Waals surface area contributed by atoms with Crippen molar-refractivity contribution in [3.05, 3.63) is 23.8 Å². The molecule has 2 fully saturated rings. The third-order valence-electron chi connectivity index (χ3n) is 4.62. The summed E-state index contributed by atoms with van der Waals surface area (Å²) in [6.45, 7) is 2.40. The van der Waals surface area contributed by atoms with Crippen LogP contribution in [0.5, 0.6) is 5.75 Å². The van der Waals surface area contributed by atoms with Crippen molar-refractivity contribution in [3.63, 3.8) is 0 Å². The molecule has 130 valence electrons. The highest BCUT2D eigenvalue weighted by Crippen LogP contribution is 2.28. The molecular formula is C17H22N2O4S. The topological polar surface area (TPSA) is 59.1 Å². The van der Waals surface area contributed by atoms with Gasteiger partial charge in [-0.1, -0.05) is 0 Å². The summed E-state index contributed by atoms with van der Waals surface area (Å²) in [6, 6.07) is 5.83. The van der Waals surface area contributed by atoms with E-state index in [4.69, 9.17) is 9.47 Å². The van der Waals surface area contributed by atoms with E-state index in [0.717, 1.165) is 17.7 Å². The number of hydrogen-bond acceptors (Lipinski definition) is 5. The zero-order valence-electron chi connectivity index (χ0n) is 14.0. The molecule has 0 atom stereocenters. The van der Waals surface area contributed by atoms with E-state index in [2.05, 4.69) is 0 Å². The van der Waals surface area contributed by atoms with Gasteiger partial charge in [-0.05, 0) is 37.3 Å². The van der Waals surface area contributed by atoms with Gasteiger partial charge in [0.1, 0.15) is 12.4 Å². The Morgan fingerprint density at radius 3 is 2.62 bits per heavy atom. The van der Waals surface area contributed by atoms with Gasteiger partial charge in [0.25, 0.3) is 5.91 Å². The molecule has 0 bridgehead atoms. The van der Waals surface area contributed by atoms with Gasteiger partial charge in [-0.25, -0.2) is 4.79 Å². The molecule has 3 rings (SSSR count). The molecular weight excluding hydrogens is 328 g/mol. The lowest BCUT2D eigenvalue weighted by molar-refractivity contribution is 0.0655. The molecule has 0 saturated carbocycles. The normalized spacial score (nSPS) is 18.7. The largest absolute Gasteiger partial charge is 0.496 e. The number of piperidine rings is 1. The quantitative estimate of drug-likeness (QED) is 0.781. The second-order valence-corrected chi connectivity index (χ2v) is 6.78. The predicted octanol–water partition coefficient (Wildman–Crippen LogP) is 2.47. The summed E-state index contributed by atoms with van der Waals surface area (Å²) >= 11 is 1.61. The lowest BCUT2D eigenvalue weighted by Gasteiger charge is -2.35. The molecule has 6 nitrogen and oxygen atoms in total. The van der Waals surface area contributed by atoms with E-state index in [-0.39, 0.29) is 18.0 Å². The van der Waals surface area contributed by atoms with E-state index in [1.54, 1.807) is 23.8 Å². The average Bonchev–Trinajstić information content (AvgIpc) is 3.06. The molecule has 2 aliphatic heterocycles. The standard InChI is InChI=1S/C17H22N2O4S/c1-22-15-11-13(24-2)3-4-14(15)16(20)18-7-5-12(6-8-18)19-9-10-23-17(19)21/h3-4,11-12H,5-10H2,1-2H3. The first kappa shape index (κ1) is 17.0. The average molecular weight is 350 g/mol. The van der Waals surface area contributed by atoms with E-state index >= 15 is 0 Å². The smallest absolute Gasteiger partial charge is 0.410 e. The first-order chi connectivity index (χ1) is 11.6. The van der Waals surface area contributed by atoms with E-state index < -0.39 is 0 Å². The van der Waals surface area contributed by atoms with Crippen molar-refractivity contribution >= 4 is 23.8 Å². The van der Waals surface area contributed by atoms with Crippen LogP contribution in [0, 0.1) is 0 Å². The van der Waals surface area contributed by atoms with Crippen molar-refractivity contribution in [2.75, 3.05) is 39.6 Å². The molecule has 0 aromatic heterocycles. The van der Waals surface area contributed by atoms with Gasteiger partial charge in [0.05, 0.1) is 19.2 Å². The molecule has 2 heterocycles. The Kier molecular flexibility index (Phi) is 5.18. The Bertz CT molecular complexity index is 629. The van der Waals surface area contributed by atoms with Crippen LogP contribution in [0.3, 0.4) is 0 Å². The zero-order valence-corrected chi connectivity index (χ0v) is 14.8. The summed E-state index contributed by atoms with van der Waals surface area (Å²) < 4.78 is 10.4. The second-order valence-electron chi connectivity index (χ2n) is 5.90. The minimum atomic E-state index is -0.228. The van der Waals surface area contributed by atoms with E-state index in [1.165, 1.54) is 0 Å². The molecule has 2 amide bonds. The van der Waals surface area contributed by atoms with Crippen molar-refractivity contribution in [3.8, 4) is 5.75 Å². The molecule has 1 aromatic carbocycles. The first-order valence-corrected chi connectivity index (χ1v) is 9.31. The molecule has 0 unspecified atom stereocenters. The van der Waals surface area contributed by atoms with E-state index in [0.29, 0.717) is 37.6 Å². The Morgan fingerprint density at radius 1 is 1.29 bits per heavy atom. The summed E-state index contributed by atoms with van der Waals surface area (Å²) in [5, 5.41) is 0. The number of amides is 2. The van der Waals surface area contributed by atoms with Gasteiger partial charge in [0.15, 0.2) is 0 Å². The number of methoxy groups -OCH3 is 1. The van der Waals surface area contributed by atoms with E-state index in [9.17, 15) is 9.59 Å². The van der Waals surface area contributed by atoms with Crippen LogP contribution in [-0.4, -0.2) is 67.4 Å². The van der Waals surface area contributed by atoms with Gasteiger partial charge in [-0.15, -0.1) is 11.8 Å². The SMILES string of the molecule is COc1cc(SC)ccc1C(=O)N1CCC(N2CCOC2=O)CC1. The van der Waals surface area contributed by atoms with Crippen LogP contribution in [0.25, 0.3) is 0 Å². The van der Waals surface area contributed by atoms with Crippen LogP contribution < -0.4 is 4.74 Å². The maximum Gasteiger partial charge on any atom is 0.410 e. The number of carbonyl (C=O) groups is 2. The lowest BCUT2D eigenvalue weighted by Crippen LogP contribution is -2.47. The number of likely N-dealkylation sites (tertiary alicyclic amines) is 1. The minimum Gasteiger partial charge on any atom is -0.496 e. The number of nitrogens with zero attached hydrogens (tertiary/aromatic N) is 2. The number of ether oxygens (including phenoxy) is 2. The summed E-state index contributed by atoms with van der Waals surface area (Å²) in [5.41, 5.74) is 0.592. The van der Waals surface area contributed by atoms with Crippen molar-refractivity contribution in [1.29, 1.82) is 0 Å². The highest BCUT2D eigenvalue weighted by Gasteiger charge is 2.33. The molecule has 0 radical (unpaired) electrons. The highest BCUT2D eigenvalue weighted by atomic mass is 32.2. The number of hydrogen-bond donors (Lipinski definition) is 0. The number of cyclic esters (lactones) is 1. The van der Waals surface area contributed by atoms with Gasteiger partial charge in [0, 0.05) is 24.0 Å². The third kappa shape index (κ3) is 3.31. The Labute approximate surface area is 146 Å². The molecule has 0 spiro atoms. The molecule has 7 heteroatoms. The Morgan fingerprint density at radius 2 is 2.04 bits per heavy atom. The predicted molar refractivity (Wildman–Crippen MR) is 91.8 cm³/mol. The fourth-order valence-corrected chi connectivity index (χ4v) is 3.69. The van der Waals surface area contributed by atoms with Crippen molar-refractivity contribution in [2.24, 2.45) is 0 Å². The van der Waals surface area contributed by atoms with Crippen molar-refractivity contribution < 1.29 is 19.1 Å². The van der Waals surface area contributed by atoms with Crippen molar-refractivity contribution in [1.82, 2.24) is 9.80 Å². The minimum absolute atomic E-state index is 0.0121. The number of carbonyl (C=O) groups excluding carboxylic acids is 2. The lowest BCUT2D eigenvalue weighted by atomic mass is 10.0. The van der Waals surface area contributed by atoms with Crippen LogP contribution in [-0.2, 0) is 4.74 Å². The highest BCUT2D eigenvalue weighted by molar-refractivity contribution is 7.98. The van der Waals surface area contributed by atoms with Crippen LogP contribution in [0.15, 0.2) is 23.1 Å². The fraction of sp³-hybridized carbons (Fsp3) is 0.529. The zero-order chi connectivity index (χ0) is 17.1. The van der Waals surface area contributed by atoms with Crippen LogP contribution in [0.2, 0.25) is 0 Å². The summed E-state index contributed by atoms with van der Waals surface area (Å²) in [4.78, 5) is 29.2.